The molecule has 8 nitrogen and oxygen atoms in total. The van der Waals surface area contributed by atoms with Crippen LogP contribution < -0.4 is 5.32 Å². The molecule has 0 fully saturated rings. The van der Waals surface area contributed by atoms with Crippen LogP contribution in [0.25, 0.3) is 11.0 Å². The molecule has 0 aliphatic rings. The molecule has 1 N–H and O–H groups in total. The SMILES string of the molecule is Cc1cccc(NC(=O)CSc2nnc(Cn3nnc4ccccc43)o2)c1. The smallest absolute Gasteiger partial charge is 0.277 e. The summed E-state index contributed by atoms with van der Waals surface area (Å²) in [5, 5.41) is 19.4. The Kier molecular flexibility index (Phi) is 4.84. The Morgan fingerprint density at radius 1 is 1.15 bits per heavy atom. The highest BCUT2D eigenvalue weighted by molar-refractivity contribution is 7.99. The molecule has 0 unspecified atom stereocenters. The minimum absolute atomic E-state index is 0.132. The normalized spacial score (nSPS) is 11.0. The van der Waals surface area contributed by atoms with Crippen molar-refractivity contribution in [2.24, 2.45) is 0 Å². The van der Waals surface area contributed by atoms with Crippen molar-refractivity contribution in [2.75, 3.05) is 11.1 Å². The first kappa shape index (κ1) is 17.2. The molecule has 0 saturated carbocycles. The molecule has 4 aromatic rings. The van der Waals surface area contributed by atoms with Crippen molar-refractivity contribution in [2.45, 2.75) is 18.7 Å². The Labute approximate surface area is 159 Å². The van der Waals surface area contributed by atoms with Crippen molar-refractivity contribution in [1.29, 1.82) is 0 Å². The molecular formula is C18H16N6O2S. The summed E-state index contributed by atoms with van der Waals surface area (Å²) >= 11 is 1.19. The number of rotatable bonds is 6. The van der Waals surface area contributed by atoms with Crippen LogP contribution in [0.1, 0.15) is 11.5 Å². The number of benzene rings is 2. The molecule has 0 aliphatic heterocycles. The van der Waals surface area contributed by atoms with E-state index in [1.807, 2.05) is 55.5 Å². The Balaban J connectivity index is 1.35. The lowest BCUT2D eigenvalue weighted by atomic mass is 10.2. The molecule has 27 heavy (non-hydrogen) atoms. The van der Waals surface area contributed by atoms with Gasteiger partial charge in [-0.15, -0.1) is 15.3 Å². The van der Waals surface area contributed by atoms with Crippen LogP contribution in [0.2, 0.25) is 0 Å². The van der Waals surface area contributed by atoms with Crippen molar-refractivity contribution in [3.63, 3.8) is 0 Å². The number of thioether (sulfide) groups is 1. The van der Waals surface area contributed by atoms with E-state index in [4.69, 9.17) is 4.42 Å². The number of amides is 1. The Morgan fingerprint density at radius 2 is 2.04 bits per heavy atom. The molecule has 0 aliphatic carbocycles. The molecule has 2 heterocycles. The lowest BCUT2D eigenvalue weighted by Gasteiger charge is -2.04. The molecule has 136 valence electrons. The third-order valence-corrected chi connectivity index (χ3v) is 4.60. The number of fused-ring (bicyclic) bond motifs is 1. The van der Waals surface area contributed by atoms with E-state index >= 15 is 0 Å². The van der Waals surface area contributed by atoms with Crippen LogP contribution in [0.4, 0.5) is 5.69 Å². The highest BCUT2D eigenvalue weighted by Crippen LogP contribution is 2.18. The topological polar surface area (TPSA) is 98.7 Å². The van der Waals surface area contributed by atoms with Crippen molar-refractivity contribution in [1.82, 2.24) is 25.2 Å². The second-order valence-electron chi connectivity index (χ2n) is 5.90. The molecule has 2 aromatic heterocycles. The van der Waals surface area contributed by atoms with Crippen LogP contribution in [-0.2, 0) is 11.3 Å². The summed E-state index contributed by atoms with van der Waals surface area (Å²) in [6, 6.07) is 15.3. The molecule has 4 rings (SSSR count). The summed E-state index contributed by atoms with van der Waals surface area (Å²) in [6.07, 6.45) is 0. The third-order valence-electron chi connectivity index (χ3n) is 3.78. The van der Waals surface area contributed by atoms with E-state index in [-0.39, 0.29) is 11.7 Å². The van der Waals surface area contributed by atoms with E-state index in [2.05, 4.69) is 25.8 Å². The number of aryl methyl sites for hydroxylation is 1. The third kappa shape index (κ3) is 4.14. The quantitative estimate of drug-likeness (QED) is 0.514. The average molecular weight is 380 g/mol. The van der Waals surface area contributed by atoms with E-state index in [0.29, 0.717) is 17.7 Å². The Bertz CT molecular complexity index is 1090. The van der Waals surface area contributed by atoms with Gasteiger partial charge in [-0.25, -0.2) is 4.68 Å². The number of hydrogen-bond acceptors (Lipinski definition) is 7. The first-order valence-corrected chi connectivity index (χ1v) is 9.26. The highest BCUT2D eigenvalue weighted by atomic mass is 32.2. The molecule has 0 saturated heterocycles. The van der Waals surface area contributed by atoms with Gasteiger partial charge in [-0.1, -0.05) is 41.2 Å². The van der Waals surface area contributed by atoms with E-state index in [1.165, 1.54) is 11.8 Å². The Morgan fingerprint density at radius 3 is 2.93 bits per heavy atom. The summed E-state index contributed by atoms with van der Waals surface area (Å²) in [5.74, 6) is 0.460. The zero-order chi connectivity index (χ0) is 18.6. The zero-order valence-corrected chi connectivity index (χ0v) is 15.3. The Hall–Kier alpha value is -3.20. The molecule has 2 aromatic carbocycles. The number of aromatic nitrogens is 5. The molecule has 0 spiro atoms. The lowest BCUT2D eigenvalue weighted by molar-refractivity contribution is -0.113. The molecule has 0 bridgehead atoms. The maximum Gasteiger partial charge on any atom is 0.277 e. The highest BCUT2D eigenvalue weighted by Gasteiger charge is 2.12. The summed E-state index contributed by atoms with van der Waals surface area (Å²) in [7, 11) is 0. The fourth-order valence-corrected chi connectivity index (χ4v) is 3.15. The van der Waals surface area contributed by atoms with E-state index in [9.17, 15) is 4.79 Å². The van der Waals surface area contributed by atoms with Crippen LogP contribution >= 0.6 is 11.8 Å². The van der Waals surface area contributed by atoms with Gasteiger partial charge in [-0.3, -0.25) is 4.79 Å². The van der Waals surface area contributed by atoms with Crippen molar-refractivity contribution in [3.05, 3.63) is 60.0 Å². The van der Waals surface area contributed by atoms with Gasteiger partial charge in [0.05, 0.1) is 11.3 Å². The standard InChI is InChI=1S/C18H16N6O2S/c1-12-5-4-6-13(9-12)19-16(25)11-27-18-22-21-17(26-18)10-24-15-8-3-2-7-14(15)20-23-24/h2-9H,10-11H2,1H3,(H,19,25). The number of nitrogens with zero attached hydrogens (tertiary/aromatic N) is 5. The van der Waals surface area contributed by atoms with Gasteiger partial charge >= 0.3 is 0 Å². The first-order valence-electron chi connectivity index (χ1n) is 8.27. The van der Waals surface area contributed by atoms with Gasteiger partial charge < -0.3 is 9.73 Å². The minimum Gasteiger partial charge on any atom is -0.414 e. The number of para-hydroxylation sites is 1. The second kappa shape index (κ2) is 7.58. The average Bonchev–Trinajstić information content (AvgIpc) is 3.28. The molecule has 0 atom stereocenters. The number of anilines is 1. The predicted octanol–water partition coefficient (Wildman–Crippen LogP) is 2.90. The molecule has 9 heteroatoms. The van der Waals surface area contributed by atoms with Crippen LogP contribution in [0.15, 0.2) is 58.2 Å². The predicted molar refractivity (Wildman–Crippen MR) is 101 cm³/mol. The summed E-state index contributed by atoms with van der Waals surface area (Å²) in [4.78, 5) is 12.1. The summed E-state index contributed by atoms with van der Waals surface area (Å²) in [6.45, 7) is 2.30. The van der Waals surface area contributed by atoms with Crippen molar-refractivity contribution < 1.29 is 9.21 Å². The molecular weight excluding hydrogens is 364 g/mol. The van der Waals surface area contributed by atoms with Crippen LogP contribution in [0.5, 0.6) is 0 Å². The van der Waals surface area contributed by atoms with E-state index in [0.717, 1.165) is 22.3 Å². The van der Waals surface area contributed by atoms with Gasteiger partial charge in [0.1, 0.15) is 12.1 Å². The fourth-order valence-electron chi connectivity index (χ4n) is 2.57. The maximum atomic E-state index is 12.1. The van der Waals surface area contributed by atoms with Crippen molar-refractivity contribution >= 4 is 34.4 Å². The fraction of sp³-hybridized carbons (Fsp3) is 0.167. The van der Waals surface area contributed by atoms with Gasteiger partial charge in [0, 0.05) is 5.69 Å². The number of carbonyl (C=O) groups excluding carboxylic acids is 1. The van der Waals surface area contributed by atoms with E-state index in [1.54, 1.807) is 4.68 Å². The van der Waals surface area contributed by atoms with Gasteiger partial charge in [-0.05, 0) is 36.8 Å². The van der Waals surface area contributed by atoms with Crippen LogP contribution in [-0.4, -0.2) is 36.9 Å². The van der Waals surface area contributed by atoms with Gasteiger partial charge in [0.25, 0.3) is 5.22 Å². The second-order valence-corrected chi connectivity index (χ2v) is 6.83. The minimum atomic E-state index is -0.132. The largest absolute Gasteiger partial charge is 0.414 e. The summed E-state index contributed by atoms with van der Waals surface area (Å²) < 4.78 is 7.29. The zero-order valence-electron chi connectivity index (χ0n) is 14.5. The monoisotopic (exact) mass is 380 g/mol. The van der Waals surface area contributed by atoms with E-state index < -0.39 is 0 Å². The van der Waals surface area contributed by atoms with Gasteiger partial charge in [0.2, 0.25) is 11.8 Å². The van der Waals surface area contributed by atoms with Crippen molar-refractivity contribution in [3.8, 4) is 0 Å². The number of hydrogen-bond donors (Lipinski definition) is 1. The van der Waals surface area contributed by atoms with Gasteiger partial charge in [-0.2, -0.15) is 0 Å². The first-order chi connectivity index (χ1) is 13.2. The molecule has 1 amide bonds. The lowest BCUT2D eigenvalue weighted by Crippen LogP contribution is -2.13. The number of carbonyl (C=O) groups is 1. The maximum absolute atomic E-state index is 12.1. The number of nitrogens with one attached hydrogen (secondary N) is 1. The van der Waals surface area contributed by atoms with Gasteiger partial charge in [0.15, 0.2) is 0 Å². The molecule has 0 radical (unpaired) electrons. The van der Waals surface area contributed by atoms with Crippen LogP contribution in [0.3, 0.4) is 0 Å². The van der Waals surface area contributed by atoms with Crippen LogP contribution in [0, 0.1) is 6.92 Å². The summed E-state index contributed by atoms with van der Waals surface area (Å²) in [5.41, 5.74) is 3.55.